The summed E-state index contributed by atoms with van der Waals surface area (Å²) in [7, 11) is 0. The Hall–Kier alpha value is -2.47. The third-order valence-corrected chi connectivity index (χ3v) is 4.42. The average molecular weight is 398 g/mol. The number of nitrogens with one attached hydrogen (secondary N) is 2. The van der Waals surface area contributed by atoms with Gasteiger partial charge in [0.05, 0.1) is 5.69 Å². The molecular formula is C19H20BrN5. The number of aryl methyl sites for hydroxylation is 1. The first kappa shape index (κ1) is 17.4. The Labute approximate surface area is 156 Å². The van der Waals surface area contributed by atoms with Crippen LogP contribution in [0.5, 0.6) is 0 Å². The lowest BCUT2D eigenvalue weighted by Gasteiger charge is -2.13. The molecule has 0 fully saturated rings. The van der Waals surface area contributed by atoms with Crippen LogP contribution < -0.4 is 10.6 Å². The topological polar surface area (TPSA) is 62.7 Å². The molecule has 5 nitrogen and oxygen atoms in total. The Morgan fingerprint density at radius 2 is 1.92 bits per heavy atom. The quantitative estimate of drug-likeness (QED) is 0.621. The third kappa shape index (κ3) is 4.54. The van der Waals surface area contributed by atoms with E-state index in [2.05, 4.69) is 68.4 Å². The molecular weight excluding hydrogens is 378 g/mol. The van der Waals surface area contributed by atoms with Crippen LogP contribution in [0.3, 0.4) is 0 Å². The zero-order valence-electron chi connectivity index (χ0n) is 14.4. The zero-order chi connectivity index (χ0) is 17.8. The van der Waals surface area contributed by atoms with Crippen LogP contribution in [0.15, 0.2) is 53.3 Å². The highest BCUT2D eigenvalue weighted by molar-refractivity contribution is 9.10. The molecule has 0 aliphatic rings. The summed E-state index contributed by atoms with van der Waals surface area (Å²) < 4.78 is 1.08. The van der Waals surface area contributed by atoms with Gasteiger partial charge in [-0.25, -0.2) is 4.98 Å². The van der Waals surface area contributed by atoms with Crippen LogP contribution in [-0.2, 0) is 0 Å². The van der Waals surface area contributed by atoms with Crippen molar-refractivity contribution in [2.75, 3.05) is 10.6 Å². The Kier molecular flexibility index (Phi) is 5.28. The van der Waals surface area contributed by atoms with Crippen molar-refractivity contribution in [2.45, 2.75) is 26.8 Å². The maximum Gasteiger partial charge on any atom is 0.225 e. The second-order valence-electron chi connectivity index (χ2n) is 6.09. The first-order chi connectivity index (χ1) is 12.0. The molecule has 25 heavy (non-hydrogen) atoms. The molecule has 2 aromatic heterocycles. The minimum absolute atomic E-state index is 0.243. The third-order valence-electron chi connectivity index (χ3n) is 3.53. The van der Waals surface area contributed by atoms with E-state index in [1.165, 1.54) is 0 Å². The van der Waals surface area contributed by atoms with Gasteiger partial charge in [0.1, 0.15) is 5.82 Å². The van der Waals surface area contributed by atoms with Crippen molar-refractivity contribution in [1.29, 1.82) is 0 Å². The minimum atomic E-state index is 0.243. The summed E-state index contributed by atoms with van der Waals surface area (Å²) in [5, 5.41) is 6.63. The number of nitrogens with zero attached hydrogens (tertiary/aromatic N) is 3. The van der Waals surface area contributed by atoms with Gasteiger partial charge in [0, 0.05) is 40.2 Å². The fourth-order valence-corrected chi connectivity index (χ4v) is 2.61. The fraction of sp³-hybridized carbons (Fsp3) is 0.211. The smallest absolute Gasteiger partial charge is 0.225 e. The summed E-state index contributed by atoms with van der Waals surface area (Å²) >= 11 is 3.53. The normalized spacial score (nSPS) is 10.8. The van der Waals surface area contributed by atoms with Crippen molar-refractivity contribution < 1.29 is 0 Å². The van der Waals surface area contributed by atoms with E-state index in [4.69, 9.17) is 0 Å². The lowest BCUT2D eigenvalue weighted by atomic mass is 10.2. The molecule has 6 heteroatoms. The number of hydrogen-bond acceptors (Lipinski definition) is 5. The monoisotopic (exact) mass is 397 g/mol. The van der Waals surface area contributed by atoms with Crippen LogP contribution in [-0.4, -0.2) is 21.0 Å². The Bertz CT molecular complexity index is 865. The molecule has 0 unspecified atom stereocenters. The molecule has 0 saturated carbocycles. The van der Waals surface area contributed by atoms with Crippen molar-refractivity contribution in [2.24, 2.45) is 0 Å². The Morgan fingerprint density at radius 1 is 1.08 bits per heavy atom. The molecule has 0 aliphatic heterocycles. The van der Waals surface area contributed by atoms with Crippen molar-refractivity contribution in [3.63, 3.8) is 0 Å². The number of anilines is 3. The van der Waals surface area contributed by atoms with Crippen LogP contribution in [0.1, 0.15) is 19.4 Å². The lowest BCUT2D eigenvalue weighted by Crippen LogP contribution is -2.13. The van der Waals surface area contributed by atoms with Crippen LogP contribution >= 0.6 is 15.9 Å². The number of benzene rings is 1. The first-order valence-electron chi connectivity index (χ1n) is 8.10. The highest BCUT2D eigenvalue weighted by Gasteiger charge is 2.09. The van der Waals surface area contributed by atoms with E-state index >= 15 is 0 Å². The average Bonchev–Trinajstić information content (AvgIpc) is 2.58. The van der Waals surface area contributed by atoms with E-state index in [1.807, 2.05) is 30.3 Å². The van der Waals surface area contributed by atoms with Crippen LogP contribution in [0.4, 0.5) is 17.5 Å². The van der Waals surface area contributed by atoms with Gasteiger partial charge in [0.25, 0.3) is 0 Å². The van der Waals surface area contributed by atoms with Gasteiger partial charge in [0.15, 0.2) is 0 Å². The second kappa shape index (κ2) is 7.61. The molecule has 3 rings (SSSR count). The molecule has 128 valence electrons. The van der Waals surface area contributed by atoms with Crippen LogP contribution in [0.2, 0.25) is 0 Å². The Balaban J connectivity index is 1.98. The highest BCUT2D eigenvalue weighted by Crippen LogP contribution is 2.25. The SMILES string of the molecule is Cc1cc(Nc2cc(-c3cccnc3)nc(NC(C)C)n2)ccc1Br. The molecule has 0 spiro atoms. The van der Waals surface area contributed by atoms with Gasteiger partial charge in [-0.3, -0.25) is 4.98 Å². The van der Waals surface area contributed by atoms with E-state index in [1.54, 1.807) is 12.4 Å². The van der Waals surface area contributed by atoms with Crippen molar-refractivity contribution >= 4 is 33.4 Å². The van der Waals surface area contributed by atoms with Crippen molar-refractivity contribution in [3.05, 3.63) is 58.8 Å². The van der Waals surface area contributed by atoms with E-state index in [-0.39, 0.29) is 6.04 Å². The van der Waals surface area contributed by atoms with Gasteiger partial charge in [0.2, 0.25) is 5.95 Å². The summed E-state index contributed by atoms with van der Waals surface area (Å²) in [6.07, 6.45) is 3.55. The summed E-state index contributed by atoms with van der Waals surface area (Å²) in [5.41, 5.74) is 3.91. The molecule has 2 N–H and O–H groups in total. The molecule has 0 radical (unpaired) electrons. The number of aromatic nitrogens is 3. The lowest BCUT2D eigenvalue weighted by molar-refractivity contribution is 0.876. The minimum Gasteiger partial charge on any atom is -0.352 e. The van der Waals surface area contributed by atoms with E-state index < -0.39 is 0 Å². The summed E-state index contributed by atoms with van der Waals surface area (Å²) in [6.45, 7) is 6.18. The van der Waals surface area contributed by atoms with Crippen LogP contribution in [0, 0.1) is 6.92 Å². The zero-order valence-corrected chi connectivity index (χ0v) is 16.0. The molecule has 0 bridgehead atoms. The number of halogens is 1. The predicted octanol–water partition coefficient (Wildman–Crippen LogP) is 5.17. The number of rotatable bonds is 5. The van der Waals surface area contributed by atoms with Gasteiger partial charge < -0.3 is 10.6 Å². The summed E-state index contributed by atoms with van der Waals surface area (Å²) in [4.78, 5) is 13.4. The van der Waals surface area contributed by atoms with Gasteiger partial charge in [-0.05, 0) is 56.7 Å². The fourth-order valence-electron chi connectivity index (χ4n) is 2.37. The number of hydrogen-bond donors (Lipinski definition) is 2. The van der Waals surface area contributed by atoms with Crippen LogP contribution in [0.25, 0.3) is 11.3 Å². The predicted molar refractivity (Wildman–Crippen MR) is 106 cm³/mol. The molecule has 0 saturated heterocycles. The molecule has 1 aromatic carbocycles. The van der Waals surface area contributed by atoms with Crippen molar-refractivity contribution in [1.82, 2.24) is 15.0 Å². The van der Waals surface area contributed by atoms with E-state index in [0.29, 0.717) is 5.95 Å². The maximum atomic E-state index is 4.61. The summed E-state index contributed by atoms with van der Waals surface area (Å²) in [5.74, 6) is 1.33. The largest absolute Gasteiger partial charge is 0.352 e. The Morgan fingerprint density at radius 3 is 2.60 bits per heavy atom. The molecule has 0 atom stereocenters. The molecule has 0 aliphatic carbocycles. The second-order valence-corrected chi connectivity index (χ2v) is 6.95. The van der Waals surface area contributed by atoms with Crippen molar-refractivity contribution in [3.8, 4) is 11.3 Å². The van der Waals surface area contributed by atoms with Gasteiger partial charge in [-0.2, -0.15) is 4.98 Å². The molecule has 2 heterocycles. The maximum absolute atomic E-state index is 4.61. The van der Waals surface area contributed by atoms with E-state index in [9.17, 15) is 0 Å². The standard InChI is InChI=1S/C19H20BrN5/c1-12(2)22-19-24-17(14-5-4-8-21-11-14)10-18(25-19)23-15-6-7-16(20)13(3)9-15/h4-12H,1-3H3,(H2,22,23,24,25). The van der Waals surface area contributed by atoms with Gasteiger partial charge >= 0.3 is 0 Å². The van der Waals surface area contributed by atoms with Gasteiger partial charge in [-0.1, -0.05) is 15.9 Å². The molecule has 3 aromatic rings. The van der Waals surface area contributed by atoms with Gasteiger partial charge in [-0.15, -0.1) is 0 Å². The highest BCUT2D eigenvalue weighted by atomic mass is 79.9. The first-order valence-corrected chi connectivity index (χ1v) is 8.90. The number of pyridine rings is 1. The summed E-state index contributed by atoms with van der Waals surface area (Å²) in [6, 6.07) is 12.2. The van der Waals surface area contributed by atoms with E-state index in [0.717, 1.165) is 32.8 Å². The molecule has 0 amide bonds.